The third kappa shape index (κ3) is 3.57. The molecule has 0 spiro atoms. The number of carbonyl (C=O) groups excluding carboxylic acids is 1. The maximum atomic E-state index is 12.8. The lowest BCUT2D eigenvalue weighted by Gasteiger charge is -2.33. The van der Waals surface area contributed by atoms with Gasteiger partial charge in [0, 0.05) is 56.6 Å². The molecule has 5 nitrogen and oxygen atoms in total. The lowest BCUT2D eigenvalue weighted by atomic mass is 9.94. The lowest BCUT2D eigenvalue weighted by molar-refractivity contribution is -0.132. The number of rotatable bonds is 4. The molecule has 0 radical (unpaired) electrons. The number of carbonyl (C=O) groups is 1. The molecule has 0 saturated carbocycles. The summed E-state index contributed by atoms with van der Waals surface area (Å²) in [6.07, 6.45) is 7.43. The molecule has 1 atom stereocenters. The van der Waals surface area contributed by atoms with Crippen molar-refractivity contribution in [2.75, 3.05) is 31.1 Å². The standard InChI is InChI=1S/C21H26N4O/c1-16-13-22-14-19(23-16)18-6-4-10-25(15-18)21(26)9-12-24-11-8-17-5-2-3-7-20(17)24/h2-3,5,7,13-14,18H,4,6,8-12,15H2,1H3. The summed E-state index contributed by atoms with van der Waals surface area (Å²) in [5.41, 5.74) is 4.66. The van der Waals surface area contributed by atoms with E-state index in [4.69, 9.17) is 0 Å². The fraction of sp³-hybridized carbons (Fsp3) is 0.476. The maximum absolute atomic E-state index is 12.8. The highest BCUT2D eigenvalue weighted by molar-refractivity contribution is 5.77. The summed E-state index contributed by atoms with van der Waals surface area (Å²) in [5, 5.41) is 0. The minimum Gasteiger partial charge on any atom is -0.370 e. The number of fused-ring (bicyclic) bond motifs is 1. The van der Waals surface area contributed by atoms with Gasteiger partial charge in [-0.15, -0.1) is 0 Å². The molecule has 3 heterocycles. The highest BCUT2D eigenvalue weighted by Gasteiger charge is 2.26. The number of aryl methyl sites for hydroxylation is 1. The molecule has 1 aromatic heterocycles. The molecule has 2 aliphatic rings. The van der Waals surface area contributed by atoms with Crippen LogP contribution in [0.1, 0.15) is 42.1 Å². The smallest absolute Gasteiger partial charge is 0.224 e. The van der Waals surface area contributed by atoms with E-state index < -0.39 is 0 Å². The molecule has 2 aromatic rings. The Morgan fingerprint density at radius 3 is 3.00 bits per heavy atom. The SMILES string of the molecule is Cc1cncc(C2CCCN(C(=O)CCN3CCc4ccccc43)C2)n1. The second-order valence-electron chi connectivity index (χ2n) is 7.38. The quantitative estimate of drug-likeness (QED) is 0.851. The number of para-hydroxylation sites is 1. The average molecular weight is 350 g/mol. The van der Waals surface area contributed by atoms with Crippen LogP contribution in [0.15, 0.2) is 36.7 Å². The van der Waals surface area contributed by atoms with Crippen LogP contribution in [-0.2, 0) is 11.2 Å². The highest BCUT2D eigenvalue weighted by atomic mass is 16.2. The molecule has 1 aromatic carbocycles. The fourth-order valence-electron chi connectivity index (χ4n) is 4.15. The predicted molar refractivity (Wildman–Crippen MR) is 102 cm³/mol. The monoisotopic (exact) mass is 350 g/mol. The Hall–Kier alpha value is -2.43. The summed E-state index contributed by atoms with van der Waals surface area (Å²) in [6.45, 7) is 5.43. The Balaban J connectivity index is 1.35. The zero-order valence-electron chi connectivity index (χ0n) is 15.4. The number of amides is 1. The third-order valence-corrected chi connectivity index (χ3v) is 5.54. The van der Waals surface area contributed by atoms with E-state index in [1.54, 1.807) is 6.20 Å². The van der Waals surface area contributed by atoms with Gasteiger partial charge in [0.2, 0.25) is 5.91 Å². The molecule has 0 N–H and O–H groups in total. The first-order valence-electron chi connectivity index (χ1n) is 9.60. The third-order valence-electron chi connectivity index (χ3n) is 5.54. The average Bonchev–Trinajstić information content (AvgIpc) is 3.09. The molecule has 5 heteroatoms. The highest BCUT2D eigenvalue weighted by Crippen LogP contribution is 2.28. The van der Waals surface area contributed by atoms with Gasteiger partial charge in [0.1, 0.15) is 0 Å². The van der Waals surface area contributed by atoms with Gasteiger partial charge in [-0.1, -0.05) is 18.2 Å². The summed E-state index contributed by atoms with van der Waals surface area (Å²) in [7, 11) is 0. The molecule has 26 heavy (non-hydrogen) atoms. The fourth-order valence-corrected chi connectivity index (χ4v) is 4.15. The molecule has 0 aliphatic carbocycles. The second kappa shape index (κ2) is 7.44. The van der Waals surface area contributed by atoms with Crippen LogP contribution in [0.25, 0.3) is 0 Å². The molecular weight excluding hydrogens is 324 g/mol. The summed E-state index contributed by atoms with van der Waals surface area (Å²) in [6, 6.07) is 8.53. The van der Waals surface area contributed by atoms with Crippen molar-refractivity contribution in [3.05, 3.63) is 53.6 Å². The minimum absolute atomic E-state index is 0.264. The van der Waals surface area contributed by atoms with E-state index in [1.165, 1.54) is 11.3 Å². The van der Waals surface area contributed by atoms with Crippen LogP contribution < -0.4 is 4.90 Å². The van der Waals surface area contributed by atoms with Crippen molar-refractivity contribution in [1.82, 2.24) is 14.9 Å². The van der Waals surface area contributed by atoms with Crippen LogP contribution in [0.5, 0.6) is 0 Å². The van der Waals surface area contributed by atoms with Crippen molar-refractivity contribution >= 4 is 11.6 Å². The zero-order chi connectivity index (χ0) is 17.9. The molecule has 1 unspecified atom stereocenters. The Morgan fingerprint density at radius 2 is 2.12 bits per heavy atom. The number of aromatic nitrogens is 2. The number of likely N-dealkylation sites (tertiary alicyclic amines) is 1. The first-order valence-corrected chi connectivity index (χ1v) is 9.60. The predicted octanol–water partition coefficient (Wildman–Crippen LogP) is 2.94. The van der Waals surface area contributed by atoms with Gasteiger partial charge in [-0.25, -0.2) is 0 Å². The second-order valence-corrected chi connectivity index (χ2v) is 7.38. The summed E-state index contributed by atoms with van der Waals surface area (Å²) < 4.78 is 0. The Labute approximate surface area is 155 Å². The normalized spacial score (nSPS) is 19.5. The van der Waals surface area contributed by atoms with Crippen LogP contribution in [0.2, 0.25) is 0 Å². The summed E-state index contributed by atoms with van der Waals surface area (Å²) in [4.78, 5) is 26.0. The van der Waals surface area contributed by atoms with Crippen LogP contribution in [0.3, 0.4) is 0 Å². The number of piperidine rings is 1. The van der Waals surface area contributed by atoms with E-state index in [9.17, 15) is 4.79 Å². The van der Waals surface area contributed by atoms with Crippen molar-refractivity contribution < 1.29 is 4.79 Å². The molecule has 0 bridgehead atoms. The van der Waals surface area contributed by atoms with Crippen LogP contribution in [0.4, 0.5) is 5.69 Å². The Bertz CT molecular complexity index is 791. The molecule has 1 amide bonds. The van der Waals surface area contributed by atoms with Crippen molar-refractivity contribution in [3.8, 4) is 0 Å². The van der Waals surface area contributed by atoms with E-state index in [2.05, 4.69) is 39.1 Å². The van der Waals surface area contributed by atoms with Crippen LogP contribution in [-0.4, -0.2) is 47.0 Å². The topological polar surface area (TPSA) is 49.3 Å². The number of nitrogens with zero attached hydrogens (tertiary/aromatic N) is 4. The van der Waals surface area contributed by atoms with Crippen LogP contribution in [0, 0.1) is 6.92 Å². The van der Waals surface area contributed by atoms with E-state index in [0.29, 0.717) is 12.3 Å². The molecule has 1 fully saturated rings. The van der Waals surface area contributed by atoms with Crippen molar-refractivity contribution in [2.45, 2.75) is 38.5 Å². The number of benzene rings is 1. The van der Waals surface area contributed by atoms with Gasteiger partial charge in [0.05, 0.1) is 11.4 Å². The molecule has 4 rings (SSSR count). The van der Waals surface area contributed by atoms with Crippen molar-refractivity contribution in [2.24, 2.45) is 0 Å². The van der Waals surface area contributed by atoms with E-state index in [0.717, 1.165) is 56.8 Å². The van der Waals surface area contributed by atoms with Gasteiger partial charge in [-0.05, 0) is 37.8 Å². The van der Waals surface area contributed by atoms with Gasteiger partial charge < -0.3 is 9.80 Å². The molecule has 136 valence electrons. The van der Waals surface area contributed by atoms with E-state index in [1.807, 2.05) is 18.0 Å². The van der Waals surface area contributed by atoms with Gasteiger partial charge in [-0.3, -0.25) is 14.8 Å². The van der Waals surface area contributed by atoms with Crippen molar-refractivity contribution in [1.29, 1.82) is 0 Å². The summed E-state index contributed by atoms with van der Waals surface area (Å²) in [5.74, 6) is 0.576. The van der Waals surface area contributed by atoms with Crippen molar-refractivity contribution in [3.63, 3.8) is 0 Å². The van der Waals surface area contributed by atoms with E-state index in [-0.39, 0.29) is 5.91 Å². The largest absolute Gasteiger partial charge is 0.370 e. The van der Waals surface area contributed by atoms with E-state index >= 15 is 0 Å². The lowest BCUT2D eigenvalue weighted by Crippen LogP contribution is -2.40. The number of hydrogen-bond donors (Lipinski definition) is 0. The Morgan fingerprint density at radius 1 is 1.23 bits per heavy atom. The molecular formula is C21H26N4O. The van der Waals surface area contributed by atoms with Gasteiger partial charge in [0.25, 0.3) is 0 Å². The van der Waals surface area contributed by atoms with Gasteiger partial charge >= 0.3 is 0 Å². The Kier molecular flexibility index (Phi) is 4.87. The minimum atomic E-state index is 0.264. The number of hydrogen-bond acceptors (Lipinski definition) is 4. The number of anilines is 1. The molecule has 2 aliphatic heterocycles. The first kappa shape index (κ1) is 17.0. The maximum Gasteiger partial charge on any atom is 0.224 e. The first-order chi connectivity index (χ1) is 12.7. The van der Waals surface area contributed by atoms with Gasteiger partial charge in [0.15, 0.2) is 0 Å². The molecule has 1 saturated heterocycles. The zero-order valence-corrected chi connectivity index (χ0v) is 15.4. The van der Waals surface area contributed by atoms with Crippen LogP contribution >= 0.6 is 0 Å². The summed E-state index contributed by atoms with van der Waals surface area (Å²) >= 11 is 0. The van der Waals surface area contributed by atoms with Gasteiger partial charge in [-0.2, -0.15) is 0 Å².